The van der Waals surface area contributed by atoms with Crippen LogP contribution in [-0.4, -0.2) is 84.6 Å². The third kappa shape index (κ3) is 9.70. The van der Waals surface area contributed by atoms with Crippen LogP contribution in [0.4, 0.5) is 0 Å². The van der Waals surface area contributed by atoms with E-state index < -0.39 is 10.0 Å². The first-order chi connectivity index (χ1) is 12.5. The standard InChI is InChI=1S/C17H36N4O4S/c1-4-26(22,23)21(3)11-5-9-19-17(18-2)20-10-6-12-25-15-16-7-13-24-14-8-16/h16H,4-15H2,1-3H3,(H2,18,19,20). The Morgan fingerprint density at radius 2 is 1.88 bits per heavy atom. The number of aliphatic imine (C=N–C) groups is 1. The van der Waals surface area contributed by atoms with Gasteiger partial charge in [-0.3, -0.25) is 4.99 Å². The smallest absolute Gasteiger partial charge is 0.213 e. The molecule has 9 heteroatoms. The number of nitrogens with one attached hydrogen (secondary N) is 2. The van der Waals surface area contributed by atoms with Gasteiger partial charge in [0, 0.05) is 60.2 Å². The zero-order valence-corrected chi connectivity index (χ0v) is 17.3. The molecule has 0 aromatic carbocycles. The number of rotatable bonds is 12. The lowest BCUT2D eigenvalue weighted by molar-refractivity contribution is 0.0203. The first kappa shape index (κ1) is 23.1. The minimum absolute atomic E-state index is 0.136. The van der Waals surface area contributed by atoms with E-state index in [0.29, 0.717) is 19.0 Å². The monoisotopic (exact) mass is 392 g/mol. The summed E-state index contributed by atoms with van der Waals surface area (Å²) in [6.07, 6.45) is 3.85. The van der Waals surface area contributed by atoms with Gasteiger partial charge < -0.3 is 20.1 Å². The molecule has 2 N–H and O–H groups in total. The summed E-state index contributed by atoms with van der Waals surface area (Å²) in [5.41, 5.74) is 0. The second kappa shape index (κ2) is 13.3. The number of hydrogen-bond donors (Lipinski definition) is 2. The highest BCUT2D eigenvalue weighted by Gasteiger charge is 2.14. The van der Waals surface area contributed by atoms with Crippen LogP contribution in [0.1, 0.15) is 32.6 Å². The summed E-state index contributed by atoms with van der Waals surface area (Å²) in [6, 6.07) is 0. The molecule has 1 heterocycles. The van der Waals surface area contributed by atoms with Crippen LogP contribution in [0.5, 0.6) is 0 Å². The molecule has 1 saturated heterocycles. The molecule has 0 aliphatic carbocycles. The number of nitrogens with zero attached hydrogens (tertiary/aromatic N) is 2. The summed E-state index contributed by atoms with van der Waals surface area (Å²) in [5, 5.41) is 6.44. The van der Waals surface area contributed by atoms with Crippen molar-refractivity contribution in [2.45, 2.75) is 32.6 Å². The fraction of sp³-hybridized carbons (Fsp3) is 0.941. The van der Waals surface area contributed by atoms with Gasteiger partial charge in [0.15, 0.2) is 5.96 Å². The van der Waals surface area contributed by atoms with Crippen LogP contribution in [0.3, 0.4) is 0 Å². The largest absolute Gasteiger partial charge is 0.381 e. The molecule has 0 aromatic heterocycles. The third-order valence-electron chi connectivity index (χ3n) is 4.46. The Morgan fingerprint density at radius 3 is 2.50 bits per heavy atom. The maximum absolute atomic E-state index is 11.7. The van der Waals surface area contributed by atoms with Crippen LogP contribution >= 0.6 is 0 Å². The predicted octanol–water partition coefficient (Wildman–Crippen LogP) is 0.656. The van der Waals surface area contributed by atoms with Crippen molar-refractivity contribution in [2.75, 3.05) is 65.9 Å². The fourth-order valence-corrected chi connectivity index (χ4v) is 3.48. The van der Waals surface area contributed by atoms with Crippen LogP contribution in [-0.2, 0) is 19.5 Å². The van der Waals surface area contributed by atoms with Gasteiger partial charge in [-0.2, -0.15) is 0 Å². The van der Waals surface area contributed by atoms with Crippen molar-refractivity contribution in [3.8, 4) is 0 Å². The van der Waals surface area contributed by atoms with Crippen LogP contribution in [0, 0.1) is 5.92 Å². The highest BCUT2D eigenvalue weighted by atomic mass is 32.2. The van der Waals surface area contributed by atoms with Crippen LogP contribution < -0.4 is 10.6 Å². The topological polar surface area (TPSA) is 92.3 Å². The lowest BCUT2D eigenvalue weighted by Gasteiger charge is -2.21. The fourth-order valence-electron chi connectivity index (χ4n) is 2.63. The van der Waals surface area contributed by atoms with Gasteiger partial charge in [0.2, 0.25) is 10.0 Å². The van der Waals surface area contributed by atoms with E-state index in [0.717, 1.165) is 64.6 Å². The molecule has 1 aliphatic rings. The second-order valence-corrected chi connectivity index (χ2v) is 8.85. The van der Waals surface area contributed by atoms with E-state index in [1.807, 2.05) is 0 Å². The molecule has 1 fully saturated rings. The highest BCUT2D eigenvalue weighted by molar-refractivity contribution is 7.89. The van der Waals surface area contributed by atoms with Crippen LogP contribution in [0.15, 0.2) is 4.99 Å². The van der Waals surface area contributed by atoms with Gasteiger partial charge in [0.1, 0.15) is 0 Å². The van der Waals surface area contributed by atoms with E-state index in [4.69, 9.17) is 9.47 Å². The summed E-state index contributed by atoms with van der Waals surface area (Å²) in [6.45, 7) is 6.89. The van der Waals surface area contributed by atoms with E-state index in [9.17, 15) is 8.42 Å². The van der Waals surface area contributed by atoms with Gasteiger partial charge in [0.05, 0.1) is 5.75 Å². The van der Waals surface area contributed by atoms with Gasteiger partial charge in [-0.05, 0) is 38.5 Å². The molecule has 8 nitrogen and oxygen atoms in total. The Morgan fingerprint density at radius 1 is 1.23 bits per heavy atom. The quantitative estimate of drug-likeness (QED) is 0.288. The summed E-state index contributed by atoms with van der Waals surface area (Å²) in [7, 11) is 0.247. The molecule has 0 spiro atoms. The minimum Gasteiger partial charge on any atom is -0.381 e. The second-order valence-electron chi connectivity index (χ2n) is 6.49. The summed E-state index contributed by atoms with van der Waals surface area (Å²) >= 11 is 0. The number of guanidine groups is 1. The Labute approximate surface area is 158 Å². The van der Waals surface area contributed by atoms with Crippen molar-refractivity contribution < 1.29 is 17.9 Å². The molecule has 154 valence electrons. The summed E-state index contributed by atoms with van der Waals surface area (Å²) in [4.78, 5) is 4.17. The van der Waals surface area contributed by atoms with Gasteiger partial charge in [0.25, 0.3) is 0 Å². The first-order valence-corrected chi connectivity index (χ1v) is 11.1. The molecule has 0 saturated carbocycles. The average Bonchev–Trinajstić information content (AvgIpc) is 2.66. The molecule has 1 aliphatic heterocycles. The van der Waals surface area contributed by atoms with E-state index >= 15 is 0 Å². The van der Waals surface area contributed by atoms with E-state index in [1.165, 1.54) is 4.31 Å². The molecule has 1 rings (SSSR count). The molecule has 0 bridgehead atoms. The van der Waals surface area contributed by atoms with Gasteiger partial charge in [-0.25, -0.2) is 12.7 Å². The lowest BCUT2D eigenvalue weighted by atomic mass is 10.0. The van der Waals surface area contributed by atoms with Gasteiger partial charge in [-0.1, -0.05) is 0 Å². The molecule has 0 atom stereocenters. The molecule has 0 radical (unpaired) electrons. The van der Waals surface area contributed by atoms with Crippen molar-refractivity contribution in [1.82, 2.24) is 14.9 Å². The van der Waals surface area contributed by atoms with Crippen LogP contribution in [0.2, 0.25) is 0 Å². The van der Waals surface area contributed by atoms with Crippen molar-refractivity contribution in [2.24, 2.45) is 10.9 Å². The number of sulfonamides is 1. The lowest BCUT2D eigenvalue weighted by Crippen LogP contribution is -2.39. The van der Waals surface area contributed by atoms with Gasteiger partial charge >= 0.3 is 0 Å². The summed E-state index contributed by atoms with van der Waals surface area (Å²) in [5.74, 6) is 1.51. The number of ether oxygens (including phenoxy) is 2. The first-order valence-electron chi connectivity index (χ1n) is 9.53. The Kier molecular flexibility index (Phi) is 11.8. The van der Waals surface area contributed by atoms with Crippen molar-refractivity contribution in [3.63, 3.8) is 0 Å². The predicted molar refractivity (Wildman–Crippen MR) is 105 cm³/mol. The Bertz CT molecular complexity index is 493. The Hall–Kier alpha value is -0.900. The van der Waals surface area contributed by atoms with Gasteiger partial charge in [-0.15, -0.1) is 0 Å². The van der Waals surface area contributed by atoms with E-state index in [2.05, 4.69) is 15.6 Å². The van der Waals surface area contributed by atoms with Crippen molar-refractivity contribution in [1.29, 1.82) is 0 Å². The molecular weight excluding hydrogens is 356 g/mol. The SMILES string of the molecule is CCS(=O)(=O)N(C)CCCNC(=NC)NCCCOCC1CCOCC1. The normalized spacial score (nSPS) is 16.8. The Balaban J connectivity index is 2.02. The minimum atomic E-state index is -3.10. The zero-order chi connectivity index (χ0) is 19.3. The molecule has 0 amide bonds. The summed E-state index contributed by atoms with van der Waals surface area (Å²) < 4.78 is 35.8. The average molecular weight is 393 g/mol. The molecule has 0 unspecified atom stereocenters. The molecule has 26 heavy (non-hydrogen) atoms. The molecule has 0 aromatic rings. The van der Waals surface area contributed by atoms with Crippen molar-refractivity contribution in [3.05, 3.63) is 0 Å². The highest BCUT2D eigenvalue weighted by Crippen LogP contribution is 2.14. The van der Waals surface area contributed by atoms with Crippen LogP contribution in [0.25, 0.3) is 0 Å². The van der Waals surface area contributed by atoms with E-state index in [1.54, 1.807) is 21.0 Å². The third-order valence-corrected chi connectivity index (χ3v) is 6.32. The number of hydrogen-bond acceptors (Lipinski definition) is 5. The van der Waals surface area contributed by atoms with Crippen molar-refractivity contribution >= 4 is 16.0 Å². The molecular formula is C17H36N4O4S. The zero-order valence-electron chi connectivity index (χ0n) is 16.5. The maximum atomic E-state index is 11.7. The maximum Gasteiger partial charge on any atom is 0.213 e. The van der Waals surface area contributed by atoms with E-state index in [-0.39, 0.29) is 5.75 Å².